The van der Waals surface area contributed by atoms with E-state index in [1.54, 1.807) is 0 Å². The number of anilines is 1. The van der Waals surface area contributed by atoms with Crippen molar-refractivity contribution in [2.45, 2.75) is 13.0 Å². The minimum absolute atomic E-state index is 0.128. The van der Waals surface area contributed by atoms with Gasteiger partial charge in [0, 0.05) is 16.9 Å². The van der Waals surface area contributed by atoms with E-state index in [4.69, 9.17) is 5.73 Å². The summed E-state index contributed by atoms with van der Waals surface area (Å²) in [5.74, 6) is -0.205. The monoisotopic (exact) mass is 320 g/mol. The fraction of sp³-hybridized carbons (Fsp3) is 0.154. The zero-order valence-corrected chi connectivity index (χ0v) is 11.9. The molecule has 1 atom stereocenters. The van der Waals surface area contributed by atoms with Gasteiger partial charge in [-0.1, -0.05) is 28.1 Å². The maximum Gasteiger partial charge on any atom is 0.274 e. The summed E-state index contributed by atoms with van der Waals surface area (Å²) in [4.78, 5) is 19.8. The number of carbonyl (C=O) groups excluding carboxylic acids is 1. The van der Waals surface area contributed by atoms with E-state index >= 15 is 0 Å². The van der Waals surface area contributed by atoms with Crippen LogP contribution in [0.25, 0.3) is 0 Å². The molecule has 1 aromatic carbocycles. The molecule has 1 aromatic heterocycles. The molecule has 3 N–H and O–H groups in total. The van der Waals surface area contributed by atoms with Crippen LogP contribution in [0.5, 0.6) is 0 Å². The number of nitrogens with one attached hydrogen (secondary N) is 1. The lowest BCUT2D eigenvalue weighted by molar-refractivity contribution is 0.0935. The summed E-state index contributed by atoms with van der Waals surface area (Å²) in [6.07, 6.45) is 2.89. The number of nitrogens with zero attached hydrogens (tertiary/aromatic N) is 2. The summed E-state index contributed by atoms with van der Waals surface area (Å²) in [6, 6.07) is 7.59. The molecule has 2 aromatic rings. The number of halogens is 1. The molecule has 0 aliphatic heterocycles. The minimum atomic E-state index is -0.332. The van der Waals surface area contributed by atoms with Crippen LogP contribution in [-0.2, 0) is 0 Å². The average Bonchev–Trinajstić information content (AvgIpc) is 2.39. The topological polar surface area (TPSA) is 80.9 Å². The van der Waals surface area contributed by atoms with Crippen molar-refractivity contribution in [2.75, 3.05) is 5.73 Å². The highest BCUT2D eigenvalue weighted by Crippen LogP contribution is 2.17. The van der Waals surface area contributed by atoms with Crippen molar-refractivity contribution < 1.29 is 4.79 Å². The molecule has 1 unspecified atom stereocenters. The first-order chi connectivity index (χ1) is 9.08. The summed E-state index contributed by atoms with van der Waals surface area (Å²) >= 11 is 3.37. The maximum absolute atomic E-state index is 12.0. The van der Waals surface area contributed by atoms with Gasteiger partial charge in [0.05, 0.1) is 6.04 Å². The van der Waals surface area contributed by atoms with Gasteiger partial charge in [-0.25, -0.2) is 9.97 Å². The smallest absolute Gasteiger partial charge is 0.274 e. The van der Waals surface area contributed by atoms with Crippen molar-refractivity contribution in [3.05, 3.63) is 52.4 Å². The molecular formula is C13H13BrN4O. The van der Waals surface area contributed by atoms with Gasteiger partial charge in [0.25, 0.3) is 5.91 Å². The van der Waals surface area contributed by atoms with Crippen LogP contribution in [0.15, 0.2) is 41.1 Å². The molecule has 0 aliphatic carbocycles. The molecule has 6 heteroatoms. The summed E-state index contributed by atoms with van der Waals surface area (Å²) in [5, 5.41) is 2.84. The fourth-order valence-electron chi connectivity index (χ4n) is 1.62. The van der Waals surface area contributed by atoms with Gasteiger partial charge in [-0.15, -0.1) is 0 Å². The lowest BCUT2D eigenvalue weighted by atomic mass is 10.1. The second kappa shape index (κ2) is 5.79. The Balaban J connectivity index is 2.11. The van der Waals surface area contributed by atoms with E-state index < -0.39 is 0 Å². The second-order valence-electron chi connectivity index (χ2n) is 4.04. The zero-order chi connectivity index (χ0) is 13.8. The quantitative estimate of drug-likeness (QED) is 0.909. The number of hydrogen-bond donors (Lipinski definition) is 2. The number of nitrogens with two attached hydrogens (primary N) is 1. The zero-order valence-electron chi connectivity index (χ0n) is 10.3. The Kier molecular flexibility index (Phi) is 4.11. The van der Waals surface area contributed by atoms with Crippen molar-refractivity contribution in [3.63, 3.8) is 0 Å². The Morgan fingerprint density at radius 2 is 1.89 bits per heavy atom. The predicted molar refractivity (Wildman–Crippen MR) is 76.5 cm³/mol. The summed E-state index contributed by atoms with van der Waals surface area (Å²) in [7, 11) is 0. The molecule has 2 rings (SSSR count). The van der Waals surface area contributed by atoms with Crippen molar-refractivity contribution in [1.29, 1.82) is 0 Å². The summed E-state index contributed by atoms with van der Waals surface area (Å²) in [5.41, 5.74) is 6.76. The van der Waals surface area contributed by atoms with E-state index in [2.05, 4.69) is 31.2 Å². The van der Waals surface area contributed by atoms with Gasteiger partial charge < -0.3 is 11.1 Å². The molecule has 0 aliphatic rings. The standard InChI is InChI=1S/C13H13BrN4O/c1-8(9-2-4-10(14)5-3-9)18-13(19)11-12(15)17-7-6-16-11/h2-8H,1H3,(H2,15,17)(H,18,19). The molecule has 5 nitrogen and oxygen atoms in total. The van der Waals surface area contributed by atoms with Crippen LogP contribution in [0.1, 0.15) is 29.0 Å². The number of aromatic nitrogens is 2. The predicted octanol–water partition coefficient (Wildman–Crippen LogP) is 2.31. The molecule has 0 saturated carbocycles. The number of amides is 1. The van der Waals surface area contributed by atoms with Gasteiger partial charge in [0.15, 0.2) is 11.5 Å². The molecule has 98 valence electrons. The Labute approximate surface area is 119 Å². The Bertz CT molecular complexity index is 585. The van der Waals surface area contributed by atoms with Gasteiger partial charge in [-0.05, 0) is 24.6 Å². The minimum Gasteiger partial charge on any atom is -0.382 e. The summed E-state index contributed by atoms with van der Waals surface area (Å²) in [6.45, 7) is 1.90. The lowest BCUT2D eigenvalue weighted by Gasteiger charge is -2.14. The SMILES string of the molecule is CC(NC(=O)c1nccnc1N)c1ccc(Br)cc1. The number of rotatable bonds is 3. The third-order valence-corrected chi connectivity index (χ3v) is 3.19. The second-order valence-corrected chi connectivity index (χ2v) is 4.95. The summed E-state index contributed by atoms with van der Waals surface area (Å²) < 4.78 is 0.993. The molecule has 19 heavy (non-hydrogen) atoms. The van der Waals surface area contributed by atoms with Crippen molar-refractivity contribution in [3.8, 4) is 0 Å². The van der Waals surface area contributed by atoms with E-state index in [1.807, 2.05) is 31.2 Å². The molecule has 0 bridgehead atoms. The molecule has 1 amide bonds. The number of hydrogen-bond acceptors (Lipinski definition) is 4. The van der Waals surface area contributed by atoms with E-state index in [0.717, 1.165) is 10.0 Å². The van der Waals surface area contributed by atoms with E-state index in [9.17, 15) is 4.79 Å². The van der Waals surface area contributed by atoms with Gasteiger partial charge in [-0.3, -0.25) is 4.79 Å². The van der Waals surface area contributed by atoms with Crippen LogP contribution in [0.2, 0.25) is 0 Å². The van der Waals surface area contributed by atoms with Crippen LogP contribution in [0.4, 0.5) is 5.82 Å². The number of carbonyl (C=O) groups is 1. The third kappa shape index (κ3) is 3.29. The van der Waals surface area contributed by atoms with Crippen molar-refractivity contribution >= 4 is 27.7 Å². The highest BCUT2D eigenvalue weighted by Gasteiger charge is 2.15. The van der Waals surface area contributed by atoms with Crippen LogP contribution in [0, 0.1) is 0 Å². The normalized spacial score (nSPS) is 11.9. The van der Waals surface area contributed by atoms with Gasteiger partial charge in [0.1, 0.15) is 0 Å². The van der Waals surface area contributed by atoms with Crippen LogP contribution in [-0.4, -0.2) is 15.9 Å². The van der Waals surface area contributed by atoms with E-state index in [-0.39, 0.29) is 23.5 Å². The largest absolute Gasteiger partial charge is 0.382 e. The maximum atomic E-state index is 12.0. The van der Waals surface area contributed by atoms with Gasteiger partial charge >= 0.3 is 0 Å². The van der Waals surface area contributed by atoms with E-state index in [0.29, 0.717) is 0 Å². The van der Waals surface area contributed by atoms with Crippen molar-refractivity contribution in [1.82, 2.24) is 15.3 Å². The molecule has 1 heterocycles. The van der Waals surface area contributed by atoms with Gasteiger partial charge in [0.2, 0.25) is 0 Å². The molecule has 0 spiro atoms. The first-order valence-corrected chi connectivity index (χ1v) is 6.50. The molecule has 0 fully saturated rings. The average molecular weight is 321 g/mol. The van der Waals surface area contributed by atoms with E-state index in [1.165, 1.54) is 12.4 Å². The van der Waals surface area contributed by atoms with Crippen LogP contribution >= 0.6 is 15.9 Å². The highest BCUT2D eigenvalue weighted by atomic mass is 79.9. The third-order valence-electron chi connectivity index (χ3n) is 2.66. The highest BCUT2D eigenvalue weighted by molar-refractivity contribution is 9.10. The molecule has 0 radical (unpaired) electrons. The van der Waals surface area contributed by atoms with Crippen LogP contribution in [0.3, 0.4) is 0 Å². The first kappa shape index (κ1) is 13.5. The Morgan fingerprint density at radius 3 is 2.53 bits per heavy atom. The molecule has 0 saturated heterocycles. The first-order valence-electron chi connectivity index (χ1n) is 5.70. The van der Waals surface area contributed by atoms with Crippen LogP contribution < -0.4 is 11.1 Å². The molecular weight excluding hydrogens is 308 g/mol. The van der Waals surface area contributed by atoms with Crippen molar-refractivity contribution in [2.24, 2.45) is 0 Å². The Morgan fingerprint density at radius 1 is 1.26 bits per heavy atom. The Hall–Kier alpha value is -1.95. The fourth-order valence-corrected chi connectivity index (χ4v) is 1.89. The lowest BCUT2D eigenvalue weighted by Crippen LogP contribution is -2.28. The number of benzene rings is 1. The number of nitrogen functional groups attached to an aromatic ring is 1. The van der Waals surface area contributed by atoms with Gasteiger partial charge in [-0.2, -0.15) is 0 Å².